The molecule has 0 atom stereocenters. The maximum absolute atomic E-state index is 10.3. The van der Waals surface area contributed by atoms with E-state index in [-0.39, 0.29) is 28.8 Å². The summed E-state index contributed by atoms with van der Waals surface area (Å²) >= 11 is 5.48. The van der Waals surface area contributed by atoms with Gasteiger partial charge in [-0.1, -0.05) is 11.6 Å². The maximum atomic E-state index is 10.3. The standard InChI is InChI=1S/C6H3ClN3O2.ClH/c7-5-2-1-4(9-8)3-6(5)10(11)12;/h1-3H;1H/q+1;/p-1. The Morgan fingerprint density at radius 1 is 1.54 bits per heavy atom. The van der Waals surface area contributed by atoms with E-state index in [4.69, 9.17) is 17.0 Å². The van der Waals surface area contributed by atoms with Crippen LogP contribution in [0.4, 0.5) is 11.4 Å². The molecule has 0 aliphatic carbocycles. The van der Waals surface area contributed by atoms with Gasteiger partial charge in [-0.15, -0.1) is 0 Å². The molecular formula is C6H3Cl2N3O2. The summed E-state index contributed by atoms with van der Waals surface area (Å²) in [5, 5.41) is 18.6. The number of diazo groups is 1. The molecule has 13 heavy (non-hydrogen) atoms. The molecule has 0 fully saturated rings. The van der Waals surface area contributed by atoms with E-state index in [9.17, 15) is 10.1 Å². The average molecular weight is 220 g/mol. The third kappa shape index (κ3) is 2.54. The molecule has 0 saturated carbocycles. The largest absolute Gasteiger partial charge is 1.00 e. The van der Waals surface area contributed by atoms with Crippen LogP contribution < -0.4 is 12.4 Å². The van der Waals surface area contributed by atoms with Gasteiger partial charge in [-0.25, -0.2) is 0 Å². The Morgan fingerprint density at radius 3 is 2.62 bits per heavy atom. The van der Waals surface area contributed by atoms with Crippen molar-refractivity contribution >= 4 is 23.0 Å². The van der Waals surface area contributed by atoms with Gasteiger partial charge in [-0.3, -0.25) is 10.1 Å². The highest BCUT2D eigenvalue weighted by Crippen LogP contribution is 2.28. The Hall–Kier alpha value is -1.38. The van der Waals surface area contributed by atoms with E-state index in [1.54, 1.807) is 0 Å². The van der Waals surface area contributed by atoms with E-state index >= 15 is 0 Å². The molecule has 1 aromatic carbocycles. The molecule has 0 amide bonds. The van der Waals surface area contributed by atoms with Crippen LogP contribution in [0.2, 0.25) is 5.02 Å². The first-order valence-electron chi connectivity index (χ1n) is 2.94. The van der Waals surface area contributed by atoms with E-state index in [0.29, 0.717) is 0 Å². The van der Waals surface area contributed by atoms with Gasteiger partial charge >= 0.3 is 5.69 Å². The van der Waals surface area contributed by atoms with E-state index in [1.165, 1.54) is 12.1 Å². The van der Waals surface area contributed by atoms with Crippen LogP contribution in [0.3, 0.4) is 0 Å². The highest BCUT2D eigenvalue weighted by molar-refractivity contribution is 6.32. The summed E-state index contributed by atoms with van der Waals surface area (Å²) < 4.78 is 0. The van der Waals surface area contributed by atoms with Crippen LogP contribution in [0.1, 0.15) is 0 Å². The molecule has 0 N–H and O–H groups in total. The van der Waals surface area contributed by atoms with Gasteiger partial charge in [0, 0.05) is 6.07 Å². The number of nitro benzene ring substituents is 1. The molecule has 1 rings (SSSR count). The zero-order valence-corrected chi connectivity index (χ0v) is 7.66. The second-order valence-electron chi connectivity index (χ2n) is 1.99. The fraction of sp³-hybridized carbons (Fsp3) is 0. The Bertz CT molecular complexity index is 375. The molecule has 0 radical (unpaired) electrons. The van der Waals surface area contributed by atoms with Crippen molar-refractivity contribution in [3.8, 4) is 0 Å². The zero-order chi connectivity index (χ0) is 9.14. The van der Waals surface area contributed by atoms with Gasteiger partial charge in [-0.05, 0) is 6.07 Å². The molecular weight excluding hydrogens is 217 g/mol. The average Bonchev–Trinajstić information content (AvgIpc) is 2.05. The minimum Gasteiger partial charge on any atom is -1.00 e. The fourth-order valence-corrected chi connectivity index (χ4v) is 0.890. The van der Waals surface area contributed by atoms with Crippen molar-refractivity contribution in [1.82, 2.24) is 0 Å². The topological polar surface area (TPSA) is 71.3 Å². The summed E-state index contributed by atoms with van der Waals surface area (Å²) in [5.41, 5.74) is -0.168. The molecule has 0 unspecified atom stereocenters. The van der Waals surface area contributed by atoms with E-state index < -0.39 is 4.92 Å². The normalized spacial score (nSPS) is 8.31. The first-order chi connectivity index (χ1) is 5.65. The fourth-order valence-electron chi connectivity index (χ4n) is 0.703. The number of rotatable bonds is 1. The predicted octanol–water partition coefficient (Wildman–Crippen LogP) is -0.263. The summed E-state index contributed by atoms with van der Waals surface area (Å²) in [6.07, 6.45) is 0. The minimum atomic E-state index is -0.642. The lowest BCUT2D eigenvalue weighted by Gasteiger charge is -1.89. The number of benzene rings is 1. The second kappa shape index (κ2) is 4.60. The lowest BCUT2D eigenvalue weighted by atomic mass is 10.3. The van der Waals surface area contributed by atoms with E-state index in [2.05, 4.69) is 4.98 Å². The zero-order valence-electron chi connectivity index (χ0n) is 6.15. The van der Waals surface area contributed by atoms with Gasteiger partial charge in [0.15, 0.2) is 4.98 Å². The smallest absolute Gasteiger partial charge is 0.392 e. The molecule has 0 aliphatic rings. The van der Waals surface area contributed by atoms with Crippen LogP contribution in [0.25, 0.3) is 4.98 Å². The Morgan fingerprint density at radius 2 is 2.15 bits per heavy atom. The Labute approximate surface area is 84.5 Å². The lowest BCUT2D eigenvalue weighted by Crippen LogP contribution is -3.00. The highest BCUT2D eigenvalue weighted by Gasteiger charge is 2.17. The van der Waals surface area contributed by atoms with Crippen molar-refractivity contribution in [1.29, 1.82) is 5.39 Å². The summed E-state index contributed by atoms with van der Waals surface area (Å²) in [6.45, 7) is 0. The molecule has 0 aliphatic heterocycles. The number of hydrogen-bond donors (Lipinski definition) is 0. The molecule has 0 spiro atoms. The first-order valence-corrected chi connectivity index (χ1v) is 3.32. The molecule has 5 nitrogen and oxygen atoms in total. The quantitative estimate of drug-likeness (QED) is 0.371. The van der Waals surface area contributed by atoms with Gasteiger partial charge < -0.3 is 12.4 Å². The predicted molar refractivity (Wildman–Crippen MR) is 42.9 cm³/mol. The van der Waals surface area contributed by atoms with Crippen molar-refractivity contribution in [2.45, 2.75) is 0 Å². The monoisotopic (exact) mass is 219 g/mol. The van der Waals surface area contributed by atoms with Crippen LogP contribution in [0.15, 0.2) is 18.2 Å². The molecule has 7 heteroatoms. The van der Waals surface area contributed by atoms with Crippen molar-refractivity contribution in [2.75, 3.05) is 0 Å². The minimum absolute atomic E-state index is 0. The molecule has 0 aromatic heterocycles. The van der Waals surface area contributed by atoms with Crippen LogP contribution in [-0.4, -0.2) is 4.92 Å². The summed E-state index contributed by atoms with van der Waals surface area (Å²) in [5.74, 6) is 0. The van der Waals surface area contributed by atoms with Crippen molar-refractivity contribution in [3.05, 3.63) is 38.3 Å². The van der Waals surface area contributed by atoms with Gasteiger partial charge in [0.1, 0.15) is 11.1 Å². The van der Waals surface area contributed by atoms with Crippen molar-refractivity contribution in [3.63, 3.8) is 0 Å². The number of nitro groups is 1. The van der Waals surface area contributed by atoms with Crippen LogP contribution >= 0.6 is 11.6 Å². The van der Waals surface area contributed by atoms with Gasteiger partial charge in [0.2, 0.25) is 5.39 Å². The van der Waals surface area contributed by atoms with Crippen LogP contribution in [-0.2, 0) is 0 Å². The Balaban J connectivity index is 0.00000144. The van der Waals surface area contributed by atoms with Gasteiger partial charge in [0.05, 0.1) is 4.92 Å². The number of hydrogen-bond acceptors (Lipinski definition) is 3. The highest BCUT2D eigenvalue weighted by atomic mass is 35.5. The van der Waals surface area contributed by atoms with E-state index in [0.717, 1.165) is 6.07 Å². The molecule has 0 saturated heterocycles. The van der Waals surface area contributed by atoms with Crippen molar-refractivity contribution in [2.24, 2.45) is 0 Å². The summed E-state index contributed by atoms with van der Waals surface area (Å²) in [6, 6.07) is 3.76. The second-order valence-corrected chi connectivity index (χ2v) is 2.40. The maximum Gasteiger partial charge on any atom is 0.392 e. The van der Waals surface area contributed by atoms with Crippen molar-refractivity contribution < 1.29 is 17.3 Å². The van der Waals surface area contributed by atoms with Gasteiger partial charge in [-0.2, -0.15) is 0 Å². The number of halogens is 2. The molecule has 0 heterocycles. The summed E-state index contributed by atoms with van der Waals surface area (Å²) in [7, 11) is 0. The van der Waals surface area contributed by atoms with E-state index in [1.807, 2.05) is 0 Å². The summed E-state index contributed by atoms with van der Waals surface area (Å²) in [4.78, 5) is 12.4. The Kier molecular flexibility index (Phi) is 4.11. The van der Waals surface area contributed by atoms with Gasteiger partial charge in [0.25, 0.3) is 5.69 Å². The van der Waals surface area contributed by atoms with Crippen LogP contribution in [0.5, 0.6) is 0 Å². The molecule has 68 valence electrons. The third-order valence-electron chi connectivity index (χ3n) is 1.24. The molecule has 0 bridgehead atoms. The first kappa shape index (κ1) is 11.6. The van der Waals surface area contributed by atoms with Crippen LogP contribution in [0, 0.1) is 15.5 Å². The third-order valence-corrected chi connectivity index (χ3v) is 1.56. The SMILES string of the molecule is N#[N+]c1ccc(Cl)c([N+](=O)[O-])c1.[Cl-]. The lowest BCUT2D eigenvalue weighted by molar-refractivity contribution is -0.384. The molecule has 1 aromatic rings. The number of nitrogens with zero attached hydrogens (tertiary/aromatic N) is 3.